The minimum Gasteiger partial charge on any atom is -0.324 e. The first kappa shape index (κ1) is 13.7. The molecule has 0 aromatic heterocycles. The summed E-state index contributed by atoms with van der Waals surface area (Å²) in [4.78, 5) is 11.8. The predicted octanol–water partition coefficient (Wildman–Crippen LogP) is 2.63. The zero-order valence-corrected chi connectivity index (χ0v) is 11.1. The van der Waals surface area contributed by atoms with Crippen molar-refractivity contribution >= 4 is 11.6 Å². The van der Waals surface area contributed by atoms with E-state index in [0.29, 0.717) is 12.6 Å². The fraction of sp³-hybridized carbons (Fsp3) is 0.500. The summed E-state index contributed by atoms with van der Waals surface area (Å²) in [5.41, 5.74) is 3.13. The third-order valence-corrected chi connectivity index (χ3v) is 2.97. The molecule has 0 fully saturated rings. The van der Waals surface area contributed by atoms with Crippen LogP contribution in [0, 0.1) is 13.8 Å². The topological polar surface area (TPSA) is 41.1 Å². The first-order chi connectivity index (χ1) is 8.04. The molecule has 1 rings (SSSR count). The van der Waals surface area contributed by atoms with E-state index < -0.39 is 0 Å². The number of rotatable bonds is 5. The number of nitrogens with one attached hydrogen (secondary N) is 2. The van der Waals surface area contributed by atoms with Crippen LogP contribution in [0.2, 0.25) is 0 Å². The van der Waals surface area contributed by atoms with E-state index in [0.717, 1.165) is 23.2 Å². The highest BCUT2D eigenvalue weighted by molar-refractivity contribution is 5.93. The molecule has 1 unspecified atom stereocenters. The lowest BCUT2D eigenvalue weighted by atomic mass is 10.1. The number of amides is 1. The Hall–Kier alpha value is -1.35. The van der Waals surface area contributed by atoms with Crippen molar-refractivity contribution < 1.29 is 4.79 Å². The van der Waals surface area contributed by atoms with Gasteiger partial charge in [0, 0.05) is 11.7 Å². The average Bonchev–Trinajstić information content (AvgIpc) is 2.31. The molecular formula is C14H22N2O. The maximum atomic E-state index is 11.8. The zero-order chi connectivity index (χ0) is 12.8. The predicted molar refractivity (Wildman–Crippen MR) is 72.3 cm³/mol. The van der Waals surface area contributed by atoms with Gasteiger partial charge in [0.1, 0.15) is 0 Å². The normalized spacial score (nSPS) is 12.2. The minimum atomic E-state index is 0.0164. The van der Waals surface area contributed by atoms with E-state index in [-0.39, 0.29) is 5.91 Å². The Bertz CT molecular complexity index is 368. The Labute approximate surface area is 104 Å². The summed E-state index contributed by atoms with van der Waals surface area (Å²) in [6, 6.07) is 6.38. The van der Waals surface area contributed by atoms with Gasteiger partial charge in [-0.05, 0) is 38.3 Å². The van der Waals surface area contributed by atoms with Gasteiger partial charge in [0.2, 0.25) is 5.91 Å². The molecule has 0 spiro atoms. The average molecular weight is 234 g/mol. The van der Waals surface area contributed by atoms with Crippen LogP contribution in [0.3, 0.4) is 0 Å². The number of hydrogen-bond donors (Lipinski definition) is 2. The van der Waals surface area contributed by atoms with Gasteiger partial charge >= 0.3 is 0 Å². The molecular weight excluding hydrogens is 212 g/mol. The highest BCUT2D eigenvalue weighted by Crippen LogP contribution is 2.18. The van der Waals surface area contributed by atoms with Crippen molar-refractivity contribution in [1.82, 2.24) is 5.32 Å². The monoisotopic (exact) mass is 234 g/mol. The summed E-state index contributed by atoms with van der Waals surface area (Å²) in [5.74, 6) is 0.0164. The van der Waals surface area contributed by atoms with Crippen LogP contribution in [0.15, 0.2) is 18.2 Å². The van der Waals surface area contributed by atoms with Crippen LogP contribution in [0.5, 0.6) is 0 Å². The van der Waals surface area contributed by atoms with Gasteiger partial charge in [0.15, 0.2) is 0 Å². The third kappa shape index (κ3) is 4.19. The Morgan fingerprint density at radius 2 is 1.88 bits per heavy atom. The summed E-state index contributed by atoms with van der Waals surface area (Å²) in [7, 11) is 0. The van der Waals surface area contributed by atoms with Gasteiger partial charge < -0.3 is 10.6 Å². The maximum absolute atomic E-state index is 11.8. The second-order valence-electron chi connectivity index (χ2n) is 4.51. The lowest BCUT2D eigenvalue weighted by Gasteiger charge is -2.14. The summed E-state index contributed by atoms with van der Waals surface area (Å²) >= 11 is 0. The van der Waals surface area contributed by atoms with Crippen molar-refractivity contribution in [3.05, 3.63) is 29.3 Å². The smallest absolute Gasteiger partial charge is 0.238 e. The van der Waals surface area contributed by atoms with E-state index in [2.05, 4.69) is 24.5 Å². The molecule has 0 aliphatic rings. The molecule has 0 heterocycles. The van der Waals surface area contributed by atoms with Crippen LogP contribution in [0.25, 0.3) is 0 Å². The highest BCUT2D eigenvalue weighted by Gasteiger charge is 2.07. The number of carbonyl (C=O) groups is 1. The summed E-state index contributed by atoms with van der Waals surface area (Å²) < 4.78 is 0. The van der Waals surface area contributed by atoms with Crippen molar-refractivity contribution in [1.29, 1.82) is 0 Å². The quantitative estimate of drug-likeness (QED) is 0.822. The Kier molecular flexibility index (Phi) is 5.16. The first-order valence-electron chi connectivity index (χ1n) is 6.14. The molecule has 1 aromatic rings. The summed E-state index contributed by atoms with van der Waals surface area (Å²) in [6.07, 6.45) is 1.02. The van der Waals surface area contributed by atoms with E-state index in [9.17, 15) is 4.79 Å². The van der Waals surface area contributed by atoms with Crippen molar-refractivity contribution in [3.63, 3.8) is 0 Å². The first-order valence-corrected chi connectivity index (χ1v) is 6.14. The molecule has 0 saturated carbocycles. The maximum Gasteiger partial charge on any atom is 0.238 e. The van der Waals surface area contributed by atoms with Crippen molar-refractivity contribution in [2.45, 2.75) is 40.2 Å². The molecule has 0 aliphatic carbocycles. The standard InChI is InChI=1S/C14H22N2O/c1-5-12(4)15-9-13(17)16-14-10(2)7-6-8-11(14)3/h6-8,12,15H,5,9H2,1-4H3,(H,16,17). The second kappa shape index (κ2) is 6.40. The molecule has 0 aliphatic heterocycles. The third-order valence-electron chi connectivity index (χ3n) is 2.97. The fourth-order valence-corrected chi connectivity index (χ4v) is 1.61. The van der Waals surface area contributed by atoms with Crippen LogP contribution in [-0.2, 0) is 4.79 Å². The van der Waals surface area contributed by atoms with Gasteiger partial charge in [0.25, 0.3) is 0 Å². The number of benzene rings is 1. The molecule has 3 nitrogen and oxygen atoms in total. The second-order valence-corrected chi connectivity index (χ2v) is 4.51. The minimum absolute atomic E-state index is 0.0164. The molecule has 1 atom stereocenters. The lowest BCUT2D eigenvalue weighted by molar-refractivity contribution is -0.115. The van der Waals surface area contributed by atoms with Gasteiger partial charge in [-0.3, -0.25) is 4.79 Å². The molecule has 0 saturated heterocycles. The number of anilines is 1. The molecule has 2 N–H and O–H groups in total. The Morgan fingerprint density at radius 1 is 1.29 bits per heavy atom. The highest BCUT2D eigenvalue weighted by atomic mass is 16.1. The van der Waals surface area contributed by atoms with Gasteiger partial charge in [-0.1, -0.05) is 25.1 Å². The largest absolute Gasteiger partial charge is 0.324 e. The molecule has 1 aromatic carbocycles. The van der Waals surface area contributed by atoms with E-state index in [1.54, 1.807) is 0 Å². The fourth-order valence-electron chi connectivity index (χ4n) is 1.61. The molecule has 1 amide bonds. The number of hydrogen-bond acceptors (Lipinski definition) is 2. The van der Waals surface area contributed by atoms with Crippen LogP contribution >= 0.6 is 0 Å². The van der Waals surface area contributed by atoms with Crippen molar-refractivity contribution in [3.8, 4) is 0 Å². The van der Waals surface area contributed by atoms with Gasteiger partial charge in [0.05, 0.1) is 6.54 Å². The van der Waals surface area contributed by atoms with Crippen LogP contribution in [0.4, 0.5) is 5.69 Å². The molecule has 0 bridgehead atoms. The van der Waals surface area contributed by atoms with Gasteiger partial charge in [-0.25, -0.2) is 0 Å². The zero-order valence-electron chi connectivity index (χ0n) is 11.1. The Balaban J connectivity index is 2.56. The van der Waals surface area contributed by atoms with E-state index in [1.807, 2.05) is 32.0 Å². The molecule has 94 valence electrons. The van der Waals surface area contributed by atoms with Gasteiger partial charge in [-0.15, -0.1) is 0 Å². The van der Waals surface area contributed by atoms with Crippen LogP contribution < -0.4 is 10.6 Å². The van der Waals surface area contributed by atoms with E-state index >= 15 is 0 Å². The number of aryl methyl sites for hydroxylation is 2. The number of para-hydroxylation sites is 1. The van der Waals surface area contributed by atoms with Crippen LogP contribution in [-0.4, -0.2) is 18.5 Å². The van der Waals surface area contributed by atoms with E-state index in [1.165, 1.54) is 0 Å². The SMILES string of the molecule is CCC(C)NCC(=O)Nc1c(C)cccc1C. The summed E-state index contributed by atoms with van der Waals surface area (Å²) in [5, 5.41) is 6.14. The molecule has 3 heteroatoms. The number of carbonyl (C=O) groups excluding carboxylic acids is 1. The molecule has 17 heavy (non-hydrogen) atoms. The summed E-state index contributed by atoms with van der Waals surface area (Å²) in [6.45, 7) is 8.55. The van der Waals surface area contributed by atoms with Gasteiger partial charge in [-0.2, -0.15) is 0 Å². The molecule has 0 radical (unpaired) electrons. The van der Waals surface area contributed by atoms with Crippen molar-refractivity contribution in [2.75, 3.05) is 11.9 Å². The van der Waals surface area contributed by atoms with Crippen molar-refractivity contribution in [2.24, 2.45) is 0 Å². The Morgan fingerprint density at radius 3 is 2.41 bits per heavy atom. The van der Waals surface area contributed by atoms with E-state index in [4.69, 9.17) is 0 Å². The lowest BCUT2D eigenvalue weighted by Crippen LogP contribution is -2.34. The van der Waals surface area contributed by atoms with Crippen LogP contribution in [0.1, 0.15) is 31.4 Å².